The first-order valence-corrected chi connectivity index (χ1v) is 13.7. The van der Waals surface area contributed by atoms with Crippen LogP contribution in [0.3, 0.4) is 0 Å². The lowest BCUT2D eigenvalue weighted by atomic mass is 10.0. The van der Waals surface area contributed by atoms with Crippen LogP contribution in [-0.4, -0.2) is 28.1 Å². The van der Waals surface area contributed by atoms with E-state index in [0.29, 0.717) is 24.3 Å². The van der Waals surface area contributed by atoms with Crippen molar-refractivity contribution in [3.8, 4) is 11.1 Å². The number of amides is 1. The Kier molecular flexibility index (Phi) is 11.4. The van der Waals surface area contributed by atoms with Crippen molar-refractivity contribution in [2.45, 2.75) is 79.2 Å². The Labute approximate surface area is 219 Å². The Morgan fingerprint density at radius 3 is 2.58 bits per heavy atom. The predicted molar refractivity (Wildman–Crippen MR) is 152 cm³/mol. The fourth-order valence-electron chi connectivity index (χ4n) is 3.40. The summed E-state index contributed by atoms with van der Waals surface area (Å²) in [5.41, 5.74) is 2.16. The van der Waals surface area contributed by atoms with Gasteiger partial charge in [-0.25, -0.2) is 4.98 Å². The van der Waals surface area contributed by atoms with Gasteiger partial charge in [0.15, 0.2) is 0 Å². The minimum absolute atomic E-state index is 0.237. The molecular weight excluding hydrogens is 470 g/mol. The van der Waals surface area contributed by atoms with E-state index in [1.54, 1.807) is 31.8 Å². The molecule has 0 spiro atoms. The number of furan rings is 1. The summed E-state index contributed by atoms with van der Waals surface area (Å²) in [6.07, 6.45) is 10.1. The van der Waals surface area contributed by atoms with Crippen LogP contribution in [0.1, 0.15) is 89.1 Å². The number of rotatable bonds is 10. The zero-order valence-corrected chi connectivity index (χ0v) is 23.5. The maximum atomic E-state index is 13.1. The number of benzene rings is 1. The average molecular weight is 512 g/mol. The predicted octanol–water partition coefficient (Wildman–Crippen LogP) is 5.87. The van der Waals surface area contributed by atoms with Gasteiger partial charge in [0.1, 0.15) is 5.69 Å². The Hall–Kier alpha value is -2.90. The molecule has 0 saturated heterocycles. The van der Waals surface area contributed by atoms with Crippen molar-refractivity contribution in [3.63, 3.8) is 0 Å². The Morgan fingerprint density at radius 1 is 1.25 bits per heavy atom. The standard InChI is InChI=1S/C27H35N3O3S.C2H6/c1-6-7-8-19-13-22(20-9-12-33-16-20)23(14-21(19)15-28-11-10-27(4,5)32)29-25(31)24-17-34-26(30-24)18(2)3;1-2/h8-9,12-18,28,32H,6-7,10-11H2,1-5H3,(H,29,31);1-2H3/b19-8+,21-15-;. The highest BCUT2D eigenvalue weighted by Gasteiger charge is 2.16. The summed E-state index contributed by atoms with van der Waals surface area (Å²) in [5, 5.41) is 21.2. The summed E-state index contributed by atoms with van der Waals surface area (Å²) in [6.45, 7) is 14.5. The Morgan fingerprint density at radius 2 is 2.00 bits per heavy atom. The quantitative estimate of drug-likeness (QED) is 0.296. The zero-order valence-electron chi connectivity index (χ0n) is 22.6. The van der Waals surface area contributed by atoms with Gasteiger partial charge in [-0.15, -0.1) is 11.3 Å². The lowest BCUT2D eigenvalue weighted by Gasteiger charge is -2.16. The molecule has 3 N–H and O–H groups in total. The van der Waals surface area contributed by atoms with Gasteiger partial charge in [-0.1, -0.05) is 47.1 Å². The molecule has 196 valence electrons. The molecule has 3 aromatic rings. The normalized spacial score (nSPS) is 12.5. The molecule has 0 unspecified atom stereocenters. The average Bonchev–Trinajstić information content (AvgIpc) is 3.54. The van der Waals surface area contributed by atoms with Crippen LogP contribution in [0.25, 0.3) is 23.4 Å². The van der Waals surface area contributed by atoms with Crippen molar-refractivity contribution in [1.82, 2.24) is 10.3 Å². The van der Waals surface area contributed by atoms with Crippen LogP contribution in [0.15, 0.2) is 40.5 Å². The van der Waals surface area contributed by atoms with Crippen molar-refractivity contribution < 1.29 is 14.3 Å². The van der Waals surface area contributed by atoms with Crippen molar-refractivity contribution in [3.05, 3.63) is 57.2 Å². The van der Waals surface area contributed by atoms with E-state index in [0.717, 1.165) is 39.4 Å². The van der Waals surface area contributed by atoms with Crippen molar-refractivity contribution in [2.24, 2.45) is 0 Å². The summed E-state index contributed by atoms with van der Waals surface area (Å²) in [6, 6.07) is 5.95. The first-order chi connectivity index (χ1) is 17.2. The number of nitrogens with zero attached hydrogens (tertiary/aromatic N) is 1. The van der Waals surface area contributed by atoms with Crippen LogP contribution in [0.5, 0.6) is 0 Å². The third kappa shape index (κ3) is 8.64. The van der Waals surface area contributed by atoms with Gasteiger partial charge < -0.3 is 20.2 Å². The zero-order chi connectivity index (χ0) is 26.7. The fraction of sp³-hybridized carbons (Fsp3) is 0.448. The molecule has 0 radical (unpaired) electrons. The van der Waals surface area contributed by atoms with E-state index in [1.807, 2.05) is 32.2 Å². The number of carbonyl (C=O) groups is 1. The van der Waals surface area contributed by atoms with Crippen molar-refractivity contribution in [2.75, 3.05) is 11.9 Å². The number of carbonyl (C=O) groups excluding carboxylic acids is 1. The third-order valence-electron chi connectivity index (χ3n) is 5.34. The van der Waals surface area contributed by atoms with E-state index in [4.69, 9.17) is 4.42 Å². The molecule has 0 aliphatic carbocycles. The van der Waals surface area contributed by atoms with E-state index in [-0.39, 0.29) is 11.8 Å². The number of hydrogen-bond acceptors (Lipinski definition) is 6. The number of aromatic nitrogens is 1. The molecule has 0 aliphatic rings. The highest BCUT2D eigenvalue weighted by Crippen LogP contribution is 2.27. The maximum absolute atomic E-state index is 13.1. The molecule has 0 saturated carbocycles. The monoisotopic (exact) mass is 511 g/mol. The third-order valence-corrected chi connectivity index (χ3v) is 6.49. The van der Waals surface area contributed by atoms with Gasteiger partial charge in [-0.2, -0.15) is 0 Å². The molecule has 1 aromatic carbocycles. The number of anilines is 1. The molecule has 1 amide bonds. The van der Waals surface area contributed by atoms with Crippen LogP contribution < -0.4 is 21.1 Å². The SMILES string of the molecule is CC.CCC/C=c1\cc(-c2ccoc2)c(NC(=O)c2csc(C(C)C)n2)c\c1=C\NCCC(C)(C)O. The highest BCUT2D eigenvalue weighted by atomic mass is 32.1. The lowest BCUT2D eigenvalue weighted by Crippen LogP contribution is -2.31. The summed E-state index contributed by atoms with van der Waals surface area (Å²) in [5.74, 6) is 0.0386. The summed E-state index contributed by atoms with van der Waals surface area (Å²) in [7, 11) is 0. The summed E-state index contributed by atoms with van der Waals surface area (Å²) in [4.78, 5) is 17.6. The lowest BCUT2D eigenvalue weighted by molar-refractivity contribution is 0.0724. The Bertz CT molecular complexity index is 1210. The number of hydrogen-bond donors (Lipinski definition) is 3. The van der Waals surface area contributed by atoms with E-state index in [2.05, 4.69) is 48.5 Å². The first-order valence-electron chi connectivity index (χ1n) is 12.8. The molecule has 0 aliphatic heterocycles. The molecule has 36 heavy (non-hydrogen) atoms. The second-order valence-electron chi connectivity index (χ2n) is 9.37. The molecule has 0 fully saturated rings. The van der Waals surface area contributed by atoms with Gasteiger partial charge in [0, 0.05) is 40.9 Å². The molecule has 0 bridgehead atoms. The van der Waals surface area contributed by atoms with E-state index in [1.165, 1.54) is 11.3 Å². The minimum atomic E-state index is -0.731. The molecule has 2 heterocycles. The minimum Gasteiger partial charge on any atom is -0.472 e. The van der Waals surface area contributed by atoms with Gasteiger partial charge in [-0.05, 0) is 55.3 Å². The van der Waals surface area contributed by atoms with Crippen LogP contribution in [-0.2, 0) is 0 Å². The molecular formula is C29H41N3O3S. The Balaban J connectivity index is 0.00000222. The van der Waals surface area contributed by atoms with Gasteiger partial charge in [0.25, 0.3) is 5.91 Å². The topological polar surface area (TPSA) is 87.4 Å². The van der Waals surface area contributed by atoms with Gasteiger partial charge >= 0.3 is 0 Å². The van der Waals surface area contributed by atoms with Gasteiger partial charge in [0.05, 0.1) is 23.1 Å². The molecule has 0 atom stereocenters. The highest BCUT2D eigenvalue weighted by molar-refractivity contribution is 7.09. The maximum Gasteiger partial charge on any atom is 0.275 e. The van der Waals surface area contributed by atoms with Gasteiger partial charge in [0.2, 0.25) is 0 Å². The molecule has 3 rings (SSSR count). The van der Waals surface area contributed by atoms with Crippen LogP contribution in [0, 0.1) is 0 Å². The number of aliphatic hydroxyl groups is 1. The van der Waals surface area contributed by atoms with E-state index < -0.39 is 5.60 Å². The van der Waals surface area contributed by atoms with Crippen molar-refractivity contribution >= 4 is 35.2 Å². The smallest absolute Gasteiger partial charge is 0.275 e. The molecule has 2 aromatic heterocycles. The number of thiazole rings is 1. The van der Waals surface area contributed by atoms with Crippen LogP contribution >= 0.6 is 11.3 Å². The second kappa shape index (κ2) is 14.0. The van der Waals surface area contributed by atoms with Gasteiger partial charge in [-0.3, -0.25) is 4.79 Å². The summed E-state index contributed by atoms with van der Waals surface area (Å²) < 4.78 is 5.33. The second-order valence-corrected chi connectivity index (χ2v) is 10.3. The van der Waals surface area contributed by atoms with Crippen LogP contribution in [0.4, 0.5) is 5.69 Å². The molecule has 7 heteroatoms. The van der Waals surface area contributed by atoms with E-state index >= 15 is 0 Å². The number of unbranched alkanes of at least 4 members (excludes halogenated alkanes) is 1. The van der Waals surface area contributed by atoms with E-state index in [9.17, 15) is 9.90 Å². The first kappa shape index (κ1) is 29.3. The van der Waals surface area contributed by atoms with Crippen LogP contribution in [0.2, 0.25) is 0 Å². The fourth-order valence-corrected chi connectivity index (χ4v) is 4.21. The number of nitrogens with one attached hydrogen (secondary N) is 2. The van der Waals surface area contributed by atoms with Crippen molar-refractivity contribution in [1.29, 1.82) is 0 Å². The summed E-state index contributed by atoms with van der Waals surface area (Å²) >= 11 is 1.50. The molecule has 6 nitrogen and oxygen atoms in total. The largest absolute Gasteiger partial charge is 0.472 e.